The van der Waals surface area contributed by atoms with Gasteiger partial charge in [-0.25, -0.2) is 9.50 Å². The molecule has 0 aliphatic rings. The Labute approximate surface area is 143 Å². The van der Waals surface area contributed by atoms with Crippen molar-refractivity contribution in [1.29, 1.82) is 0 Å². The second-order valence-corrected chi connectivity index (χ2v) is 5.97. The maximum absolute atomic E-state index is 12.7. The number of carbonyl (C=O) groups is 1. The van der Waals surface area contributed by atoms with Crippen molar-refractivity contribution in [2.45, 2.75) is 26.3 Å². The minimum Gasteiger partial charge on any atom is -0.345 e. The first kappa shape index (κ1) is 16.3. The van der Waals surface area contributed by atoms with Gasteiger partial charge in [-0.05, 0) is 31.0 Å². The van der Waals surface area contributed by atoms with Gasteiger partial charge < -0.3 is 5.32 Å². The Balaban J connectivity index is 1.92. The number of aryl methyl sites for hydroxylation is 1. The number of nitrogens with one attached hydrogen (secondary N) is 2. The van der Waals surface area contributed by atoms with E-state index < -0.39 is 0 Å². The van der Waals surface area contributed by atoms with Crippen LogP contribution in [0.3, 0.4) is 0 Å². The van der Waals surface area contributed by atoms with Crippen LogP contribution in [0.5, 0.6) is 0 Å². The average Bonchev–Trinajstić information content (AvgIpc) is 2.93. The molecular weight excluding hydrogens is 328 g/mol. The number of rotatable bonds is 4. The normalized spacial score (nSPS) is 12.3. The SMILES string of the molecule is CCc1c(C(=O)NC(C)c2cccc(Cl)c2)cnc2cc(=O)[nH]n12. The molecule has 0 aliphatic carbocycles. The number of amides is 1. The third kappa shape index (κ3) is 3.05. The van der Waals surface area contributed by atoms with Gasteiger partial charge in [0, 0.05) is 17.3 Å². The quantitative estimate of drug-likeness (QED) is 0.763. The Bertz CT molecular complexity index is 961. The summed E-state index contributed by atoms with van der Waals surface area (Å²) in [5, 5.41) is 6.23. The standard InChI is InChI=1S/C17H17ClN4O2/c1-3-14-13(9-19-15-8-16(23)21-22(14)15)17(24)20-10(2)11-5-4-6-12(18)7-11/h4-10H,3H2,1-2H3,(H,20,24)(H,21,23). The summed E-state index contributed by atoms with van der Waals surface area (Å²) in [5.41, 5.74) is 2.30. The summed E-state index contributed by atoms with van der Waals surface area (Å²) in [4.78, 5) is 28.3. The number of fused-ring (bicyclic) bond motifs is 1. The van der Waals surface area contributed by atoms with E-state index in [0.717, 1.165) is 5.56 Å². The van der Waals surface area contributed by atoms with E-state index in [1.807, 2.05) is 32.0 Å². The van der Waals surface area contributed by atoms with E-state index >= 15 is 0 Å². The summed E-state index contributed by atoms with van der Waals surface area (Å²) in [6, 6.07) is 8.54. The molecule has 0 saturated heterocycles. The lowest BCUT2D eigenvalue weighted by atomic mass is 10.1. The first-order valence-corrected chi connectivity index (χ1v) is 8.03. The number of H-pyrrole nitrogens is 1. The van der Waals surface area contributed by atoms with Gasteiger partial charge in [-0.1, -0.05) is 30.7 Å². The number of carbonyl (C=O) groups excluding carboxylic acids is 1. The molecule has 0 fully saturated rings. The van der Waals surface area contributed by atoms with Crippen LogP contribution in [-0.4, -0.2) is 20.5 Å². The van der Waals surface area contributed by atoms with Gasteiger partial charge >= 0.3 is 0 Å². The van der Waals surface area contributed by atoms with Gasteiger partial charge in [-0.2, -0.15) is 0 Å². The number of halogens is 1. The van der Waals surface area contributed by atoms with Gasteiger partial charge in [0.05, 0.1) is 17.3 Å². The Morgan fingerprint density at radius 1 is 1.42 bits per heavy atom. The highest BCUT2D eigenvalue weighted by Crippen LogP contribution is 2.18. The number of benzene rings is 1. The summed E-state index contributed by atoms with van der Waals surface area (Å²) in [5.74, 6) is -0.247. The number of aromatic nitrogens is 3. The Morgan fingerprint density at radius 3 is 2.92 bits per heavy atom. The van der Waals surface area contributed by atoms with Crippen LogP contribution in [0.15, 0.2) is 41.3 Å². The third-order valence-electron chi connectivity index (χ3n) is 3.89. The van der Waals surface area contributed by atoms with Crippen molar-refractivity contribution in [3.05, 3.63) is 68.7 Å². The van der Waals surface area contributed by atoms with Crippen molar-refractivity contribution >= 4 is 23.2 Å². The molecule has 0 bridgehead atoms. The molecule has 3 aromatic rings. The van der Waals surface area contributed by atoms with Gasteiger partial charge in [0.1, 0.15) is 0 Å². The van der Waals surface area contributed by atoms with E-state index in [1.54, 1.807) is 10.6 Å². The molecule has 124 valence electrons. The number of nitrogens with zero attached hydrogens (tertiary/aromatic N) is 2. The number of hydrogen-bond acceptors (Lipinski definition) is 3. The van der Waals surface area contributed by atoms with Crippen molar-refractivity contribution in [2.24, 2.45) is 0 Å². The summed E-state index contributed by atoms with van der Waals surface area (Å²) in [6.45, 7) is 3.81. The summed E-state index contributed by atoms with van der Waals surface area (Å²) < 4.78 is 1.56. The predicted octanol–water partition coefficient (Wildman–Crippen LogP) is 2.73. The number of aromatic amines is 1. The minimum atomic E-state index is -0.248. The van der Waals surface area contributed by atoms with E-state index in [1.165, 1.54) is 12.3 Å². The first-order chi connectivity index (χ1) is 11.5. The molecule has 0 saturated carbocycles. The molecule has 0 spiro atoms. The zero-order valence-electron chi connectivity index (χ0n) is 13.3. The maximum atomic E-state index is 12.7. The van der Waals surface area contributed by atoms with Crippen LogP contribution in [-0.2, 0) is 6.42 Å². The van der Waals surface area contributed by atoms with Crippen LogP contribution in [0.2, 0.25) is 5.02 Å². The molecule has 0 aliphatic heterocycles. The highest BCUT2D eigenvalue weighted by atomic mass is 35.5. The Hall–Kier alpha value is -2.60. The Morgan fingerprint density at radius 2 is 2.21 bits per heavy atom. The van der Waals surface area contributed by atoms with Crippen molar-refractivity contribution in [2.75, 3.05) is 0 Å². The fourth-order valence-electron chi connectivity index (χ4n) is 2.68. The molecule has 1 amide bonds. The van der Waals surface area contributed by atoms with Gasteiger partial charge in [0.25, 0.3) is 11.5 Å². The molecule has 1 unspecified atom stereocenters. The van der Waals surface area contributed by atoms with E-state index in [-0.39, 0.29) is 17.5 Å². The van der Waals surface area contributed by atoms with Crippen molar-refractivity contribution in [3.63, 3.8) is 0 Å². The van der Waals surface area contributed by atoms with Crippen LogP contribution in [0, 0.1) is 0 Å². The lowest BCUT2D eigenvalue weighted by molar-refractivity contribution is 0.0938. The molecule has 2 heterocycles. The van der Waals surface area contributed by atoms with E-state index in [0.29, 0.717) is 28.3 Å². The minimum absolute atomic E-state index is 0.208. The van der Waals surface area contributed by atoms with Crippen LogP contribution in [0.25, 0.3) is 5.65 Å². The average molecular weight is 345 g/mol. The molecule has 3 rings (SSSR count). The van der Waals surface area contributed by atoms with Crippen molar-refractivity contribution < 1.29 is 4.79 Å². The van der Waals surface area contributed by atoms with Crippen LogP contribution < -0.4 is 10.9 Å². The molecular formula is C17H17ClN4O2. The molecule has 2 N–H and O–H groups in total. The highest BCUT2D eigenvalue weighted by molar-refractivity contribution is 6.30. The van der Waals surface area contributed by atoms with Crippen LogP contribution >= 0.6 is 11.6 Å². The Kier molecular flexibility index (Phi) is 4.40. The molecule has 7 heteroatoms. The van der Waals surface area contributed by atoms with E-state index in [2.05, 4.69) is 15.4 Å². The first-order valence-electron chi connectivity index (χ1n) is 7.65. The fraction of sp³-hybridized carbons (Fsp3) is 0.235. The van der Waals surface area contributed by atoms with Crippen molar-refractivity contribution in [3.8, 4) is 0 Å². The lowest BCUT2D eigenvalue weighted by Crippen LogP contribution is -2.28. The zero-order valence-corrected chi connectivity index (χ0v) is 14.1. The zero-order chi connectivity index (χ0) is 17.3. The maximum Gasteiger partial charge on any atom is 0.266 e. The monoisotopic (exact) mass is 344 g/mol. The molecule has 1 aromatic carbocycles. The van der Waals surface area contributed by atoms with E-state index in [4.69, 9.17) is 11.6 Å². The molecule has 6 nitrogen and oxygen atoms in total. The highest BCUT2D eigenvalue weighted by Gasteiger charge is 2.17. The predicted molar refractivity (Wildman–Crippen MR) is 92.5 cm³/mol. The molecule has 2 aromatic heterocycles. The fourth-order valence-corrected chi connectivity index (χ4v) is 2.88. The lowest BCUT2D eigenvalue weighted by Gasteiger charge is -2.16. The largest absolute Gasteiger partial charge is 0.345 e. The van der Waals surface area contributed by atoms with Gasteiger partial charge in [0.15, 0.2) is 5.65 Å². The second-order valence-electron chi connectivity index (χ2n) is 5.54. The molecule has 1 atom stereocenters. The van der Waals surface area contributed by atoms with E-state index in [9.17, 15) is 9.59 Å². The van der Waals surface area contributed by atoms with Gasteiger partial charge in [-0.3, -0.25) is 14.7 Å². The van der Waals surface area contributed by atoms with Gasteiger partial charge in [-0.15, -0.1) is 0 Å². The third-order valence-corrected chi connectivity index (χ3v) is 4.13. The van der Waals surface area contributed by atoms with Crippen LogP contribution in [0.1, 0.15) is 41.5 Å². The smallest absolute Gasteiger partial charge is 0.266 e. The van der Waals surface area contributed by atoms with Crippen LogP contribution in [0.4, 0.5) is 0 Å². The van der Waals surface area contributed by atoms with Gasteiger partial charge in [0.2, 0.25) is 0 Å². The summed E-state index contributed by atoms with van der Waals surface area (Å²) in [6.07, 6.45) is 2.08. The summed E-state index contributed by atoms with van der Waals surface area (Å²) >= 11 is 6.00. The number of hydrogen-bond donors (Lipinski definition) is 2. The molecule has 24 heavy (non-hydrogen) atoms. The summed E-state index contributed by atoms with van der Waals surface area (Å²) in [7, 11) is 0. The second kappa shape index (κ2) is 6.49. The molecule has 0 radical (unpaired) electrons. The topological polar surface area (TPSA) is 79.3 Å². The van der Waals surface area contributed by atoms with Crippen molar-refractivity contribution in [1.82, 2.24) is 19.9 Å².